The molecule has 3 N–H and O–H groups in total. The van der Waals surface area contributed by atoms with Crippen LogP contribution >= 0.6 is 0 Å². The Hall–Kier alpha value is -2.49. The molecule has 0 bridgehead atoms. The number of likely N-dealkylation sites (N-methyl/N-ethyl adjacent to an activating group) is 1. The van der Waals surface area contributed by atoms with E-state index in [2.05, 4.69) is 10.0 Å². The van der Waals surface area contributed by atoms with Crippen LogP contribution in [-0.4, -0.2) is 40.5 Å². The summed E-state index contributed by atoms with van der Waals surface area (Å²) in [6.07, 6.45) is 0.898. The van der Waals surface area contributed by atoms with Crippen LogP contribution < -0.4 is 14.9 Å². The molecule has 0 aliphatic heterocycles. The van der Waals surface area contributed by atoms with Crippen LogP contribution in [0.25, 0.3) is 0 Å². The van der Waals surface area contributed by atoms with E-state index in [-0.39, 0.29) is 22.8 Å². The standard InChI is InChI=1S/C18H24N4O4S/c1-4-14-5-7-15(8-6-14)20-17-10-9-16(13-18(17)22(23)24)27(25,26)19-11-12-21(2)3/h5-10,13,19-20H,4,11-12H2,1-3H3/p+1. The Morgan fingerprint density at radius 2 is 1.78 bits per heavy atom. The van der Waals surface area contributed by atoms with E-state index in [1.54, 1.807) is 0 Å². The molecule has 0 saturated heterocycles. The van der Waals surface area contributed by atoms with E-state index in [1.165, 1.54) is 12.1 Å². The van der Waals surface area contributed by atoms with Crippen LogP contribution in [0.3, 0.4) is 0 Å². The van der Waals surface area contributed by atoms with Crippen molar-refractivity contribution in [3.63, 3.8) is 0 Å². The number of nitro benzene ring substituents is 1. The molecule has 0 spiro atoms. The Morgan fingerprint density at radius 1 is 1.11 bits per heavy atom. The summed E-state index contributed by atoms with van der Waals surface area (Å²) in [5, 5.41) is 14.4. The van der Waals surface area contributed by atoms with E-state index in [0.717, 1.165) is 23.0 Å². The monoisotopic (exact) mass is 393 g/mol. The van der Waals surface area contributed by atoms with Crippen molar-refractivity contribution in [2.24, 2.45) is 0 Å². The number of quaternary nitrogens is 1. The van der Waals surface area contributed by atoms with E-state index < -0.39 is 14.9 Å². The fourth-order valence-corrected chi connectivity index (χ4v) is 3.48. The van der Waals surface area contributed by atoms with Gasteiger partial charge in [0, 0.05) is 11.8 Å². The largest absolute Gasteiger partial charge is 0.350 e. The second-order valence-corrected chi connectivity index (χ2v) is 8.23. The number of hydrogen-bond acceptors (Lipinski definition) is 5. The second kappa shape index (κ2) is 8.94. The van der Waals surface area contributed by atoms with E-state index in [1.807, 2.05) is 45.3 Å². The van der Waals surface area contributed by atoms with Crippen LogP contribution in [0.2, 0.25) is 0 Å². The summed E-state index contributed by atoms with van der Waals surface area (Å²) in [6, 6.07) is 11.4. The molecule has 0 radical (unpaired) electrons. The van der Waals surface area contributed by atoms with Crippen molar-refractivity contribution in [3.8, 4) is 0 Å². The molecular weight excluding hydrogens is 368 g/mol. The van der Waals surface area contributed by atoms with Crippen LogP contribution in [0.15, 0.2) is 47.4 Å². The van der Waals surface area contributed by atoms with Gasteiger partial charge < -0.3 is 10.2 Å². The molecule has 146 valence electrons. The highest BCUT2D eigenvalue weighted by atomic mass is 32.2. The topological polar surface area (TPSA) is 106 Å². The van der Waals surface area contributed by atoms with E-state index in [4.69, 9.17) is 0 Å². The number of hydrogen-bond donors (Lipinski definition) is 3. The minimum Gasteiger partial charge on any atom is -0.350 e. The maximum Gasteiger partial charge on any atom is 0.294 e. The molecule has 0 unspecified atom stereocenters. The van der Waals surface area contributed by atoms with Gasteiger partial charge in [0.05, 0.1) is 37.0 Å². The lowest BCUT2D eigenvalue weighted by molar-refractivity contribution is -0.856. The van der Waals surface area contributed by atoms with Gasteiger partial charge in [0.2, 0.25) is 10.0 Å². The molecule has 2 aromatic rings. The maximum atomic E-state index is 12.4. The number of sulfonamides is 1. The van der Waals surface area contributed by atoms with E-state index in [0.29, 0.717) is 12.2 Å². The summed E-state index contributed by atoms with van der Waals surface area (Å²) in [5.74, 6) is 0. The van der Waals surface area contributed by atoms with Crippen LogP contribution in [0, 0.1) is 10.1 Å². The Balaban J connectivity index is 2.26. The third-order valence-electron chi connectivity index (χ3n) is 4.03. The average molecular weight is 393 g/mol. The molecule has 0 heterocycles. The molecular formula is C18H25N4O4S+. The number of anilines is 2. The first-order valence-corrected chi connectivity index (χ1v) is 10.1. The first-order valence-electron chi connectivity index (χ1n) is 8.66. The fraction of sp³-hybridized carbons (Fsp3) is 0.333. The quantitative estimate of drug-likeness (QED) is 0.440. The highest BCUT2D eigenvalue weighted by Gasteiger charge is 2.21. The van der Waals surface area contributed by atoms with Gasteiger partial charge in [-0.1, -0.05) is 19.1 Å². The van der Waals surface area contributed by atoms with Crippen molar-refractivity contribution < 1.29 is 18.2 Å². The van der Waals surface area contributed by atoms with Gasteiger partial charge in [0.1, 0.15) is 5.69 Å². The molecule has 0 fully saturated rings. The molecule has 27 heavy (non-hydrogen) atoms. The lowest BCUT2D eigenvalue weighted by atomic mass is 10.1. The Labute approximate surface area is 159 Å². The molecule has 0 aliphatic rings. The highest BCUT2D eigenvalue weighted by molar-refractivity contribution is 7.89. The lowest BCUT2D eigenvalue weighted by Crippen LogP contribution is -3.06. The molecule has 2 aromatic carbocycles. The zero-order chi connectivity index (χ0) is 20.0. The van der Waals surface area contributed by atoms with Gasteiger partial charge in [-0.2, -0.15) is 0 Å². The molecule has 0 saturated carbocycles. The van der Waals surface area contributed by atoms with Crippen molar-refractivity contribution in [3.05, 3.63) is 58.1 Å². The minimum atomic E-state index is -3.81. The van der Waals surface area contributed by atoms with Crippen LogP contribution in [-0.2, 0) is 16.4 Å². The van der Waals surface area contributed by atoms with Gasteiger partial charge >= 0.3 is 0 Å². The molecule has 0 aliphatic carbocycles. The predicted molar refractivity (Wildman–Crippen MR) is 105 cm³/mol. The van der Waals surface area contributed by atoms with Gasteiger partial charge in [-0.05, 0) is 36.2 Å². The minimum absolute atomic E-state index is 0.130. The summed E-state index contributed by atoms with van der Waals surface area (Å²) < 4.78 is 27.2. The first kappa shape index (κ1) is 20.8. The van der Waals surface area contributed by atoms with Crippen molar-refractivity contribution in [2.45, 2.75) is 18.2 Å². The lowest BCUT2D eigenvalue weighted by Gasteiger charge is -2.11. The fourth-order valence-electron chi connectivity index (χ4n) is 2.43. The van der Waals surface area contributed by atoms with Gasteiger partial charge in [0.15, 0.2) is 0 Å². The predicted octanol–water partition coefficient (Wildman–Crippen LogP) is 1.32. The number of aryl methyl sites for hydroxylation is 1. The Bertz CT molecular complexity index is 896. The third-order valence-corrected chi connectivity index (χ3v) is 5.49. The summed E-state index contributed by atoms with van der Waals surface area (Å²) in [4.78, 5) is 11.8. The van der Waals surface area contributed by atoms with Crippen LogP contribution in [0.5, 0.6) is 0 Å². The van der Waals surface area contributed by atoms with Crippen LogP contribution in [0.1, 0.15) is 12.5 Å². The highest BCUT2D eigenvalue weighted by Crippen LogP contribution is 2.30. The molecule has 8 nitrogen and oxygen atoms in total. The summed E-state index contributed by atoms with van der Waals surface area (Å²) in [5.41, 5.74) is 1.79. The number of rotatable bonds is 9. The number of benzene rings is 2. The Kier molecular flexibility index (Phi) is 6.89. The molecule has 0 aromatic heterocycles. The molecule has 9 heteroatoms. The summed E-state index contributed by atoms with van der Waals surface area (Å²) in [7, 11) is 0.0126. The van der Waals surface area contributed by atoms with E-state index >= 15 is 0 Å². The second-order valence-electron chi connectivity index (χ2n) is 6.47. The number of nitrogens with one attached hydrogen (secondary N) is 3. The third kappa shape index (κ3) is 5.75. The van der Waals surface area contributed by atoms with Gasteiger partial charge in [-0.15, -0.1) is 0 Å². The number of nitro groups is 1. The van der Waals surface area contributed by atoms with Gasteiger partial charge in [0.25, 0.3) is 5.69 Å². The average Bonchev–Trinajstić information content (AvgIpc) is 2.62. The van der Waals surface area contributed by atoms with Crippen molar-refractivity contribution in [1.82, 2.24) is 4.72 Å². The van der Waals surface area contributed by atoms with Gasteiger partial charge in [-0.3, -0.25) is 10.1 Å². The smallest absolute Gasteiger partial charge is 0.294 e. The first-order chi connectivity index (χ1) is 12.7. The van der Waals surface area contributed by atoms with Crippen molar-refractivity contribution >= 4 is 27.1 Å². The van der Waals surface area contributed by atoms with Crippen LogP contribution in [0.4, 0.5) is 17.1 Å². The SMILES string of the molecule is CCc1ccc(Nc2ccc(S(=O)(=O)NCC[NH+](C)C)cc2[N+](=O)[O-])cc1. The molecule has 2 rings (SSSR count). The summed E-state index contributed by atoms with van der Waals surface area (Å²) in [6.45, 7) is 2.90. The zero-order valence-corrected chi connectivity index (χ0v) is 16.5. The van der Waals surface area contributed by atoms with Gasteiger partial charge in [-0.25, -0.2) is 13.1 Å². The van der Waals surface area contributed by atoms with E-state index in [9.17, 15) is 18.5 Å². The molecule has 0 amide bonds. The Morgan fingerprint density at radius 3 is 2.33 bits per heavy atom. The molecule has 0 atom stereocenters. The van der Waals surface area contributed by atoms with Crippen molar-refractivity contribution in [2.75, 3.05) is 32.5 Å². The normalized spacial score (nSPS) is 11.6. The zero-order valence-electron chi connectivity index (χ0n) is 15.7. The summed E-state index contributed by atoms with van der Waals surface area (Å²) >= 11 is 0. The number of nitrogens with zero attached hydrogens (tertiary/aromatic N) is 1. The maximum absolute atomic E-state index is 12.4. The van der Waals surface area contributed by atoms with Crippen molar-refractivity contribution in [1.29, 1.82) is 0 Å².